The SMILES string of the molecule is CC(C)C1CCC(CN)(N2CCCCC2)CC1. The fraction of sp³-hybridized carbons (Fsp3) is 1.00. The van der Waals surface area contributed by atoms with E-state index in [1.54, 1.807) is 0 Å². The average molecular weight is 238 g/mol. The monoisotopic (exact) mass is 238 g/mol. The van der Waals surface area contributed by atoms with Gasteiger partial charge < -0.3 is 5.73 Å². The first-order chi connectivity index (χ1) is 8.18. The van der Waals surface area contributed by atoms with Crippen molar-refractivity contribution in [1.29, 1.82) is 0 Å². The van der Waals surface area contributed by atoms with Crippen LogP contribution in [0.15, 0.2) is 0 Å². The van der Waals surface area contributed by atoms with Crippen LogP contribution in [0.4, 0.5) is 0 Å². The van der Waals surface area contributed by atoms with Crippen molar-refractivity contribution in [3.63, 3.8) is 0 Å². The van der Waals surface area contributed by atoms with Gasteiger partial charge in [-0.2, -0.15) is 0 Å². The molecular formula is C15H30N2. The molecule has 2 rings (SSSR count). The van der Waals surface area contributed by atoms with Gasteiger partial charge in [0.1, 0.15) is 0 Å². The van der Waals surface area contributed by atoms with E-state index in [0.29, 0.717) is 5.54 Å². The second-order valence-electron chi connectivity index (χ2n) is 6.56. The highest BCUT2D eigenvalue weighted by Crippen LogP contribution is 2.39. The number of hydrogen-bond donors (Lipinski definition) is 1. The van der Waals surface area contributed by atoms with Crippen LogP contribution in [0.3, 0.4) is 0 Å². The number of rotatable bonds is 3. The molecule has 0 unspecified atom stereocenters. The summed E-state index contributed by atoms with van der Waals surface area (Å²) >= 11 is 0. The van der Waals surface area contributed by atoms with E-state index in [-0.39, 0.29) is 0 Å². The molecule has 0 aromatic rings. The molecule has 2 N–H and O–H groups in total. The second-order valence-corrected chi connectivity index (χ2v) is 6.56. The van der Waals surface area contributed by atoms with Crippen molar-refractivity contribution in [3.05, 3.63) is 0 Å². The van der Waals surface area contributed by atoms with Gasteiger partial charge in [-0.15, -0.1) is 0 Å². The molecule has 0 aromatic carbocycles. The number of nitrogens with two attached hydrogens (primary N) is 1. The fourth-order valence-corrected chi connectivity index (χ4v) is 3.86. The fourth-order valence-electron chi connectivity index (χ4n) is 3.86. The summed E-state index contributed by atoms with van der Waals surface area (Å²) in [4.78, 5) is 2.73. The first-order valence-electron chi connectivity index (χ1n) is 7.63. The van der Waals surface area contributed by atoms with E-state index in [1.165, 1.54) is 58.0 Å². The Balaban J connectivity index is 1.96. The van der Waals surface area contributed by atoms with Gasteiger partial charge in [-0.05, 0) is 63.5 Å². The normalized spacial score (nSPS) is 36.4. The minimum Gasteiger partial charge on any atom is -0.329 e. The molecule has 1 heterocycles. The molecule has 1 aliphatic heterocycles. The summed E-state index contributed by atoms with van der Waals surface area (Å²) in [6.07, 6.45) is 9.66. The highest BCUT2D eigenvalue weighted by molar-refractivity contribution is 4.97. The van der Waals surface area contributed by atoms with Gasteiger partial charge in [-0.1, -0.05) is 20.3 Å². The van der Waals surface area contributed by atoms with Gasteiger partial charge in [0, 0.05) is 12.1 Å². The Kier molecular flexibility index (Phi) is 4.48. The van der Waals surface area contributed by atoms with E-state index >= 15 is 0 Å². The minimum atomic E-state index is 0.367. The van der Waals surface area contributed by atoms with Crippen molar-refractivity contribution >= 4 is 0 Å². The van der Waals surface area contributed by atoms with Gasteiger partial charge in [0.25, 0.3) is 0 Å². The first-order valence-corrected chi connectivity index (χ1v) is 7.63. The zero-order valence-electron chi connectivity index (χ0n) is 11.8. The maximum Gasteiger partial charge on any atom is 0.0331 e. The van der Waals surface area contributed by atoms with Crippen molar-refractivity contribution in [2.45, 2.75) is 64.3 Å². The molecule has 0 bridgehead atoms. The van der Waals surface area contributed by atoms with Crippen LogP contribution in [0, 0.1) is 11.8 Å². The zero-order valence-corrected chi connectivity index (χ0v) is 11.8. The van der Waals surface area contributed by atoms with Crippen molar-refractivity contribution in [1.82, 2.24) is 4.90 Å². The Morgan fingerprint density at radius 1 is 1.12 bits per heavy atom. The number of hydrogen-bond acceptors (Lipinski definition) is 2. The molecule has 17 heavy (non-hydrogen) atoms. The third kappa shape index (κ3) is 2.85. The lowest BCUT2D eigenvalue weighted by Gasteiger charge is -2.49. The summed E-state index contributed by atoms with van der Waals surface area (Å²) in [5.41, 5.74) is 6.52. The Labute approximate surface area is 107 Å². The van der Waals surface area contributed by atoms with Crippen molar-refractivity contribution in [2.24, 2.45) is 17.6 Å². The molecule has 0 atom stereocenters. The zero-order chi connectivity index (χ0) is 12.3. The van der Waals surface area contributed by atoms with E-state index in [2.05, 4.69) is 18.7 Å². The van der Waals surface area contributed by atoms with Crippen LogP contribution >= 0.6 is 0 Å². The molecule has 100 valence electrons. The predicted molar refractivity (Wildman–Crippen MR) is 74.0 cm³/mol. The molecule has 1 saturated carbocycles. The predicted octanol–water partition coefficient (Wildman–Crippen LogP) is 3.02. The van der Waals surface area contributed by atoms with Crippen LogP contribution in [-0.4, -0.2) is 30.1 Å². The summed E-state index contributed by atoms with van der Waals surface area (Å²) in [6, 6.07) is 0. The third-order valence-corrected chi connectivity index (χ3v) is 5.31. The molecule has 2 fully saturated rings. The smallest absolute Gasteiger partial charge is 0.0331 e. The van der Waals surface area contributed by atoms with Gasteiger partial charge in [-0.3, -0.25) is 4.90 Å². The maximum atomic E-state index is 6.15. The maximum absolute atomic E-state index is 6.15. The third-order valence-electron chi connectivity index (χ3n) is 5.31. The molecule has 2 heteroatoms. The quantitative estimate of drug-likeness (QED) is 0.819. The van der Waals surface area contributed by atoms with Crippen LogP contribution in [0.1, 0.15) is 58.8 Å². The first kappa shape index (κ1) is 13.4. The van der Waals surface area contributed by atoms with Gasteiger partial charge >= 0.3 is 0 Å². The second kappa shape index (κ2) is 5.71. The van der Waals surface area contributed by atoms with Gasteiger partial charge in [0.05, 0.1) is 0 Å². The largest absolute Gasteiger partial charge is 0.329 e. The van der Waals surface area contributed by atoms with E-state index in [4.69, 9.17) is 5.73 Å². The van der Waals surface area contributed by atoms with Crippen molar-refractivity contribution in [3.8, 4) is 0 Å². The van der Waals surface area contributed by atoms with Gasteiger partial charge in [-0.25, -0.2) is 0 Å². The molecule has 0 radical (unpaired) electrons. The van der Waals surface area contributed by atoms with Crippen molar-refractivity contribution < 1.29 is 0 Å². The minimum absolute atomic E-state index is 0.367. The number of piperidine rings is 1. The summed E-state index contributed by atoms with van der Waals surface area (Å²) in [5.74, 6) is 1.80. The summed E-state index contributed by atoms with van der Waals surface area (Å²) in [7, 11) is 0. The van der Waals surface area contributed by atoms with E-state index in [0.717, 1.165) is 18.4 Å². The molecule has 2 nitrogen and oxygen atoms in total. The van der Waals surface area contributed by atoms with Crippen molar-refractivity contribution in [2.75, 3.05) is 19.6 Å². The Bertz CT molecular complexity index is 223. The summed E-state index contributed by atoms with van der Waals surface area (Å²) in [5, 5.41) is 0. The van der Waals surface area contributed by atoms with Crippen LogP contribution in [0.25, 0.3) is 0 Å². The standard InChI is InChI=1S/C15H30N2/c1-13(2)14-6-8-15(12-16,9-7-14)17-10-4-3-5-11-17/h13-14H,3-12,16H2,1-2H3. The molecule has 0 aromatic heterocycles. The Morgan fingerprint density at radius 2 is 1.71 bits per heavy atom. The van der Waals surface area contributed by atoms with Crippen LogP contribution in [0.2, 0.25) is 0 Å². The Morgan fingerprint density at radius 3 is 2.18 bits per heavy atom. The lowest BCUT2D eigenvalue weighted by molar-refractivity contribution is 0.0212. The van der Waals surface area contributed by atoms with Crippen LogP contribution in [0.5, 0.6) is 0 Å². The molecular weight excluding hydrogens is 208 g/mol. The highest BCUT2D eigenvalue weighted by atomic mass is 15.2. The van der Waals surface area contributed by atoms with Crippen LogP contribution in [-0.2, 0) is 0 Å². The molecule has 1 saturated heterocycles. The van der Waals surface area contributed by atoms with Gasteiger partial charge in [0.15, 0.2) is 0 Å². The van der Waals surface area contributed by atoms with E-state index < -0.39 is 0 Å². The van der Waals surface area contributed by atoms with Crippen LogP contribution < -0.4 is 5.73 Å². The highest BCUT2D eigenvalue weighted by Gasteiger charge is 2.39. The topological polar surface area (TPSA) is 29.3 Å². The van der Waals surface area contributed by atoms with E-state index in [1.807, 2.05) is 0 Å². The average Bonchev–Trinajstić information content (AvgIpc) is 2.40. The number of likely N-dealkylation sites (tertiary alicyclic amines) is 1. The lowest BCUT2D eigenvalue weighted by Crippen LogP contribution is -2.57. The number of nitrogens with zero attached hydrogens (tertiary/aromatic N) is 1. The Hall–Kier alpha value is -0.0800. The molecule has 0 amide bonds. The molecule has 1 aliphatic carbocycles. The van der Waals surface area contributed by atoms with E-state index in [9.17, 15) is 0 Å². The summed E-state index contributed by atoms with van der Waals surface area (Å²) < 4.78 is 0. The molecule has 0 spiro atoms. The van der Waals surface area contributed by atoms with Gasteiger partial charge in [0.2, 0.25) is 0 Å². The lowest BCUT2D eigenvalue weighted by atomic mass is 9.71. The summed E-state index contributed by atoms with van der Waals surface area (Å²) in [6.45, 7) is 8.22. The molecule has 2 aliphatic rings.